The van der Waals surface area contributed by atoms with Gasteiger partial charge in [-0.15, -0.1) is 0 Å². The number of hydrogen-bond acceptors (Lipinski definition) is 5. The topological polar surface area (TPSA) is 95.9 Å². The molecule has 0 aromatic carbocycles. The van der Waals surface area contributed by atoms with E-state index in [-0.39, 0.29) is 18.5 Å². The average molecular weight is 1330 g/mol. The molecule has 3 N–H and O–H groups in total. The number of aliphatic hydroxyl groups excluding tert-OH is 2. The summed E-state index contributed by atoms with van der Waals surface area (Å²) in [7, 11) is 0. The fourth-order valence-electron chi connectivity index (χ4n) is 13.8. The Morgan fingerprint density at radius 1 is 0.295 bits per heavy atom. The van der Waals surface area contributed by atoms with Gasteiger partial charge in [-0.1, -0.05) is 428 Å². The maximum atomic E-state index is 12.6. The minimum atomic E-state index is -0.664. The van der Waals surface area contributed by atoms with Crippen LogP contribution in [0.25, 0.3) is 0 Å². The van der Waals surface area contributed by atoms with Crippen LogP contribution in [0.2, 0.25) is 0 Å². The number of ether oxygens (including phenoxy) is 1. The Hall–Kier alpha value is -2.18. The first-order valence-electron chi connectivity index (χ1n) is 43.4. The van der Waals surface area contributed by atoms with E-state index in [9.17, 15) is 19.8 Å². The van der Waals surface area contributed by atoms with Crippen molar-refractivity contribution in [3.8, 4) is 0 Å². The van der Waals surface area contributed by atoms with Crippen molar-refractivity contribution < 1.29 is 24.5 Å². The number of rotatable bonds is 82. The van der Waals surface area contributed by atoms with E-state index in [1.807, 2.05) is 0 Å². The van der Waals surface area contributed by atoms with Crippen LogP contribution in [0.3, 0.4) is 0 Å². The zero-order chi connectivity index (χ0) is 68.4. The Bertz CT molecular complexity index is 1590. The van der Waals surface area contributed by atoms with Gasteiger partial charge >= 0.3 is 5.97 Å². The largest absolute Gasteiger partial charge is 0.466 e. The summed E-state index contributed by atoms with van der Waals surface area (Å²) >= 11 is 0. The third-order valence-electron chi connectivity index (χ3n) is 20.4. The van der Waals surface area contributed by atoms with E-state index in [2.05, 4.69) is 67.8 Å². The average Bonchev–Trinajstić information content (AvgIpc) is 3.03. The molecule has 560 valence electrons. The summed E-state index contributed by atoms with van der Waals surface area (Å²) in [4.78, 5) is 24.7. The smallest absolute Gasteiger partial charge is 0.305 e. The van der Waals surface area contributed by atoms with Crippen molar-refractivity contribution in [3.63, 3.8) is 0 Å². The molecule has 0 radical (unpaired) electrons. The monoisotopic (exact) mass is 1330 g/mol. The normalized spacial score (nSPS) is 12.7. The fraction of sp³-hybridized carbons (Fsp3) is 0.888. The molecule has 0 heterocycles. The molecule has 0 aliphatic heterocycles. The summed E-state index contributed by atoms with van der Waals surface area (Å²) in [5, 5.41) is 23.5. The van der Waals surface area contributed by atoms with Crippen LogP contribution in [0.1, 0.15) is 483 Å². The molecule has 0 fully saturated rings. The summed E-state index contributed by atoms with van der Waals surface area (Å²) < 4.78 is 5.51. The molecule has 0 rings (SSSR count). The number of allylic oxidation sites excluding steroid dienone is 8. The van der Waals surface area contributed by atoms with Gasteiger partial charge in [-0.25, -0.2) is 0 Å². The van der Waals surface area contributed by atoms with E-state index in [0.717, 1.165) is 57.8 Å². The highest BCUT2D eigenvalue weighted by atomic mass is 16.5. The molecule has 0 aromatic rings. The van der Waals surface area contributed by atoms with Crippen LogP contribution in [-0.4, -0.2) is 47.4 Å². The van der Waals surface area contributed by atoms with E-state index in [1.165, 1.54) is 392 Å². The highest BCUT2D eigenvalue weighted by molar-refractivity contribution is 5.76. The quantitative estimate of drug-likeness (QED) is 0.0320. The van der Waals surface area contributed by atoms with Crippen molar-refractivity contribution in [1.82, 2.24) is 5.32 Å². The van der Waals surface area contributed by atoms with Gasteiger partial charge in [0.15, 0.2) is 0 Å². The van der Waals surface area contributed by atoms with Crippen LogP contribution in [0.5, 0.6) is 0 Å². The molecule has 0 aliphatic carbocycles. The predicted octanol–water partition coefficient (Wildman–Crippen LogP) is 29.1. The Kier molecular flexibility index (Phi) is 82.3. The number of nitrogens with one attached hydrogen (secondary N) is 1. The molecule has 0 aromatic heterocycles. The van der Waals surface area contributed by atoms with Crippen LogP contribution < -0.4 is 5.32 Å². The second-order valence-corrected chi connectivity index (χ2v) is 29.9. The number of amides is 1. The Morgan fingerprint density at radius 3 is 0.811 bits per heavy atom. The highest BCUT2D eigenvalue weighted by Gasteiger charge is 2.20. The van der Waals surface area contributed by atoms with Gasteiger partial charge in [-0.3, -0.25) is 9.59 Å². The van der Waals surface area contributed by atoms with Gasteiger partial charge in [0.1, 0.15) is 0 Å². The van der Waals surface area contributed by atoms with Crippen LogP contribution in [0, 0.1) is 0 Å². The lowest BCUT2D eigenvalue weighted by Gasteiger charge is -2.22. The molecule has 95 heavy (non-hydrogen) atoms. The minimum Gasteiger partial charge on any atom is -0.466 e. The van der Waals surface area contributed by atoms with Gasteiger partial charge in [0.05, 0.1) is 25.4 Å². The molecule has 2 atom stereocenters. The van der Waals surface area contributed by atoms with E-state index in [4.69, 9.17) is 4.74 Å². The van der Waals surface area contributed by atoms with E-state index in [1.54, 1.807) is 0 Å². The molecule has 0 aliphatic rings. The summed E-state index contributed by atoms with van der Waals surface area (Å²) in [6.45, 7) is 4.99. The van der Waals surface area contributed by atoms with Gasteiger partial charge < -0.3 is 20.3 Å². The lowest BCUT2D eigenvalue weighted by molar-refractivity contribution is -0.143. The van der Waals surface area contributed by atoms with Gasteiger partial charge in [0, 0.05) is 12.8 Å². The van der Waals surface area contributed by atoms with Crippen molar-refractivity contribution in [1.29, 1.82) is 0 Å². The second-order valence-electron chi connectivity index (χ2n) is 29.9. The number of carbonyl (C=O) groups is 2. The van der Waals surface area contributed by atoms with Crippen LogP contribution in [-0.2, 0) is 14.3 Å². The highest BCUT2D eigenvalue weighted by Crippen LogP contribution is 2.20. The Morgan fingerprint density at radius 2 is 0.526 bits per heavy atom. The zero-order valence-electron chi connectivity index (χ0n) is 64.4. The van der Waals surface area contributed by atoms with Crippen molar-refractivity contribution in [2.24, 2.45) is 0 Å². The van der Waals surface area contributed by atoms with Gasteiger partial charge in [-0.2, -0.15) is 0 Å². The Labute approximate surface area is 595 Å². The lowest BCUT2D eigenvalue weighted by atomic mass is 10.0. The molecular formula is C89H169NO5. The van der Waals surface area contributed by atoms with Crippen molar-refractivity contribution in [2.75, 3.05) is 13.2 Å². The first kappa shape index (κ1) is 92.8. The molecule has 6 nitrogen and oxygen atoms in total. The number of hydrogen-bond donors (Lipinski definition) is 3. The Balaban J connectivity index is 3.36. The number of unbranched alkanes of at least 4 members (excludes halogenated alkanes) is 63. The third kappa shape index (κ3) is 80.7. The number of carbonyl (C=O) groups excluding carboxylic acids is 2. The molecule has 6 heteroatoms. The predicted molar refractivity (Wildman–Crippen MR) is 421 cm³/mol. The molecule has 2 unspecified atom stereocenters. The first-order valence-corrected chi connectivity index (χ1v) is 43.4. The van der Waals surface area contributed by atoms with Gasteiger partial charge in [0.25, 0.3) is 0 Å². The second kappa shape index (κ2) is 84.2. The van der Waals surface area contributed by atoms with Crippen molar-refractivity contribution >= 4 is 11.9 Å². The summed E-state index contributed by atoms with van der Waals surface area (Å²) in [6, 6.07) is -0.541. The lowest BCUT2D eigenvalue weighted by Crippen LogP contribution is -2.45. The van der Waals surface area contributed by atoms with Crippen LogP contribution >= 0.6 is 0 Å². The maximum absolute atomic E-state index is 12.6. The molecule has 0 spiro atoms. The molecule has 0 bridgehead atoms. The molecule has 1 amide bonds. The minimum absolute atomic E-state index is 0.0121. The summed E-state index contributed by atoms with van der Waals surface area (Å²) in [6.07, 6.45) is 112. The SMILES string of the molecule is CCCCCC/C=C\C/C=C\CCCCCCCCCC(=O)OCCCCCCCCCCCCCCC/C=C\C/C=C\CCCCCCCCCCCCCCCCCCCC(=O)NC(CO)C(O)CCCCCCCCCCCCCCCCCCCCCCCCC. The van der Waals surface area contributed by atoms with Crippen LogP contribution in [0.4, 0.5) is 0 Å². The van der Waals surface area contributed by atoms with Crippen molar-refractivity contribution in [2.45, 2.75) is 495 Å². The fourth-order valence-corrected chi connectivity index (χ4v) is 13.8. The van der Waals surface area contributed by atoms with Crippen molar-refractivity contribution in [3.05, 3.63) is 48.6 Å². The van der Waals surface area contributed by atoms with Gasteiger partial charge in [0.2, 0.25) is 5.91 Å². The van der Waals surface area contributed by atoms with Gasteiger partial charge in [-0.05, 0) is 89.9 Å². The first-order chi connectivity index (χ1) is 47.0. The molecule has 0 saturated heterocycles. The third-order valence-corrected chi connectivity index (χ3v) is 20.4. The number of aliphatic hydroxyl groups is 2. The zero-order valence-corrected chi connectivity index (χ0v) is 64.4. The van der Waals surface area contributed by atoms with Crippen LogP contribution in [0.15, 0.2) is 48.6 Å². The number of esters is 1. The molecule has 0 saturated carbocycles. The van der Waals surface area contributed by atoms with E-state index < -0.39 is 12.1 Å². The van der Waals surface area contributed by atoms with E-state index in [0.29, 0.717) is 25.9 Å². The maximum Gasteiger partial charge on any atom is 0.305 e. The molecular weight excluding hydrogens is 1160 g/mol. The summed E-state index contributed by atoms with van der Waals surface area (Å²) in [5.74, 6) is -0.0146. The van der Waals surface area contributed by atoms with E-state index >= 15 is 0 Å². The summed E-state index contributed by atoms with van der Waals surface area (Å²) in [5.41, 5.74) is 0. The standard InChI is InChI=1S/C89H169NO5/c1-3-5-7-9-11-13-15-17-19-21-23-24-40-43-46-49-53-57-61-65-69-73-77-81-87(92)86(85-91)90-88(93)82-78-74-70-66-62-58-54-50-47-44-41-38-36-34-32-30-28-26-25-27-29-31-33-35-37-39-42-45-48-52-56-60-64-68-72-76-80-84-95-89(94)83-79-75-71-67-63-59-55-51-22-20-18-16-14-12-10-8-6-4-2/h14,16,20,22,25,27,31,33,86-87,91-92H,3-13,15,17-19,21,23-24,26,28-30,32,34-85H2,1-2H3,(H,90,93)/b16-14-,22-20-,27-25-,33-31-.